The fraction of sp³-hybridized carbons (Fsp3) is 0.200. The van der Waals surface area contributed by atoms with Crippen molar-refractivity contribution >= 4 is 69.8 Å². The van der Waals surface area contributed by atoms with Gasteiger partial charge in [-0.15, -0.1) is 0 Å². The molecule has 176 valence electrons. The Morgan fingerprint density at radius 2 is 1.68 bits per heavy atom. The fourth-order valence-corrected chi connectivity index (χ4v) is 4.58. The van der Waals surface area contributed by atoms with Crippen LogP contribution in [-0.4, -0.2) is 48.5 Å². The quantitative estimate of drug-likeness (QED) is 0.353. The van der Waals surface area contributed by atoms with E-state index in [2.05, 4.69) is 32.3 Å². The van der Waals surface area contributed by atoms with Gasteiger partial charge in [0.1, 0.15) is 5.15 Å². The Morgan fingerprint density at radius 3 is 2.38 bits per heavy atom. The molecule has 0 radical (unpaired) electrons. The van der Waals surface area contributed by atoms with Crippen molar-refractivity contribution in [3.63, 3.8) is 0 Å². The van der Waals surface area contributed by atoms with Crippen LogP contribution in [0.2, 0.25) is 20.2 Å². The molecule has 2 heterocycles. The first-order chi connectivity index (χ1) is 16.4. The zero-order valence-corrected chi connectivity index (χ0v) is 21.2. The maximum Gasteiger partial charge on any atom is 0.255 e. The van der Waals surface area contributed by atoms with Gasteiger partial charge >= 0.3 is 0 Å². The Labute approximate surface area is 218 Å². The number of amides is 1. The predicted octanol–water partition coefficient (Wildman–Crippen LogP) is 6.78. The molecule has 0 unspecified atom stereocenters. The summed E-state index contributed by atoms with van der Waals surface area (Å²) in [5.41, 5.74) is 2.84. The first kappa shape index (κ1) is 24.8. The summed E-state index contributed by atoms with van der Waals surface area (Å²) < 4.78 is 0. The van der Waals surface area contributed by atoms with Crippen LogP contribution in [0.4, 0.5) is 11.4 Å². The fourth-order valence-electron chi connectivity index (χ4n) is 3.75. The topological polar surface area (TPSA) is 48.5 Å². The summed E-state index contributed by atoms with van der Waals surface area (Å²) in [5, 5.41) is 4.79. The molecule has 5 nitrogen and oxygen atoms in total. The van der Waals surface area contributed by atoms with Crippen molar-refractivity contribution in [2.75, 3.05) is 42.9 Å². The van der Waals surface area contributed by atoms with E-state index in [-0.39, 0.29) is 11.1 Å². The molecular formula is C25H22Cl4N4O. The van der Waals surface area contributed by atoms with Crippen LogP contribution in [0.3, 0.4) is 0 Å². The van der Waals surface area contributed by atoms with Gasteiger partial charge in [0.15, 0.2) is 0 Å². The summed E-state index contributed by atoms with van der Waals surface area (Å²) in [5.74, 6) is -0.319. The number of halogens is 4. The van der Waals surface area contributed by atoms with E-state index < -0.39 is 0 Å². The van der Waals surface area contributed by atoms with Crippen molar-refractivity contribution < 1.29 is 4.79 Å². The Bertz CT molecular complexity index is 1190. The molecule has 1 fully saturated rings. The van der Waals surface area contributed by atoms with Crippen LogP contribution in [0.1, 0.15) is 15.9 Å². The normalized spacial score (nSPS) is 14.5. The minimum Gasteiger partial charge on any atom is -0.367 e. The van der Waals surface area contributed by atoms with Gasteiger partial charge in [0.2, 0.25) is 0 Å². The number of hydrogen-bond acceptors (Lipinski definition) is 4. The summed E-state index contributed by atoms with van der Waals surface area (Å²) in [6, 6.07) is 14.3. The third-order valence-electron chi connectivity index (χ3n) is 5.52. The second-order valence-electron chi connectivity index (χ2n) is 7.84. The zero-order chi connectivity index (χ0) is 24.1. The first-order valence-corrected chi connectivity index (χ1v) is 12.2. The van der Waals surface area contributed by atoms with Crippen molar-refractivity contribution in [1.29, 1.82) is 0 Å². The van der Waals surface area contributed by atoms with Gasteiger partial charge in [-0.25, -0.2) is 4.98 Å². The van der Waals surface area contributed by atoms with E-state index in [0.29, 0.717) is 21.3 Å². The van der Waals surface area contributed by atoms with Gasteiger partial charge < -0.3 is 10.2 Å². The second-order valence-corrected chi connectivity index (χ2v) is 9.51. The predicted molar refractivity (Wildman–Crippen MR) is 143 cm³/mol. The molecule has 1 N–H and O–H groups in total. The number of aromatic nitrogens is 1. The standard InChI is InChI=1S/C25H22Cl4N4O/c26-19-5-3-17(4-6-19)2-1-9-32-10-12-33(13-11-32)22-16-20(27)15-21(28)24(22)31-25(34)18-7-8-30-23(29)14-18/h1-8,14-16H,9-13H2,(H,31,34)/b2-1+. The van der Waals surface area contributed by atoms with E-state index in [1.54, 1.807) is 12.1 Å². The van der Waals surface area contributed by atoms with Gasteiger partial charge in [0.25, 0.3) is 5.91 Å². The average molecular weight is 536 g/mol. The van der Waals surface area contributed by atoms with Crippen molar-refractivity contribution in [3.05, 3.63) is 92.2 Å². The number of carbonyl (C=O) groups excluding carboxylic acids is 1. The lowest BCUT2D eigenvalue weighted by atomic mass is 10.2. The molecule has 34 heavy (non-hydrogen) atoms. The molecule has 1 aliphatic rings. The highest BCUT2D eigenvalue weighted by Crippen LogP contribution is 2.37. The summed E-state index contributed by atoms with van der Waals surface area (Å²) in [6.07, 6.45) is 5.74. The number of rotatable bonds is 6. The van der Waals surface area contributed by atoms with E-state index >= 15 is 0 Å². The minimum atomic E-state index is -0.319. The molecule has 0 saturated carbocycles. The Hall–Kier alpha value is -2.28. The molecule has 0 atom stereocenters. The molecule has 0 aliphatic carbocycles. The molecule has 1 saturated heterocycles. The molecular weight excluding hydrogens is 514 g/mol. The lowest BCUT2D eigenvalue weighted by molar-refractivity contribution is 0.102. The third kappa shape index (κ3) is 6.44. The second kappa shape index (κ2) is 11.4. The molecule has 2 aromatic carbocycles. The lowest BCUT2D eigenvalue weighted by Crippen LogP contribution is -2.46. The van der Waals surface area contributed by atoms with Crippen molar-refractivity contribution in [1.82, 2.24) is 9.88 Å². The minimum absolute atomic E-state index is 0.247. The van der Waals surface area contributed by atoms with Gasteiger partial charge in [-0.05, 0) is 42.0 Å². The highest BCUT2D eigenvalue weighted by molar-refractivity contribution is 6.38. The maximum atomic E-state index is 12.8. The smallest absolute Gasteiger partial charge is 0.255 e. The average Bonchev–Trinajstić information content (AvgIpc) is 2.82. The van der Waals surface area contributed by atoms with Gasteiger partial charge in [-0.3, -0.25) is 9.69 Å². The number of anilines is 2. The zero-order valence-electron chi connectivity index (χ0n) is 18.1. The Morgan fingerprint density at radius 1 is 0.941 bits per heavy atom. The van der Waals surface area contributed by atoms with Crippen molar-refractivity contribution in [2.45, 2.75) is 0 Å². The number of hydrogen-bond donors (Lipinski definition) is 1. The van der Waals surface area contributed by atoms with Crippen LogP contribution in [0, 0.1) is 0 Å². The van der Waals surface area contributed by atoms with Crippen molar-refractivity contribution in [2.24, 2.45) is 0 Å². The van der Waals surface area contributed by atoms with Gasteiger partial charge in [-0.2, -0.15) is 0 Å². The van der Waals surface area contributed by atoms with E-state index in [9.17, 15) is 4.79 Å². The third-order valence-corrected chi connectivity index (χ3v) is 6.49. The molecule has 0 spiro atoms. The number of pyridine rings is 1. The molecule has 3 aromatic rings. The van der Waals surface area contributed by atoms with Crippen LogP contribution < -0.4 is 10.2 Å². The van der Waals surface area contributed by atoms with E-state index in [0.717, 1.165) is 49.0 Å². The molecule has 0 bridgehead atoms. The number of carbonyl (C=O) groups is 1. The van der Waals surface area contributed by atoms with Crippen LogP contribution in [0.15, 0.2) is 60.8 Å². The summed E-state index contributed by atoms with van der Waals surface area (Å²) in [6.45, 7) is 4.12. The van der Waals surface area contributed by atoms with E-state index in [1.807, 2.05) is 30.3 Å². The van der Waals surface area contributed by atoms with E-state index in [1.165, 1.54) is 12.3 Å². The first-order valence-electron chi connectivity index (χ1n) is 10.7. The number of piperazine rings is 1. The molecule has 9 heteroatoms. The van der Waals surface area contributed by atoms with Gasteiger partial charge in [0.05, 0.1) is 16.4 Å². The van der Waals surface area contributed by atoms with Crippen molar-refractivity contribution in [3.8, 4) is 0 Å². The van der Waals surface area contributed by atoms with Crippen LogP contribution >= 0.6 is 46.4 Å². The van der Waals surface area contributed by atoms with Crippen LogP contribution in [0.5, 0.6) is 0 Å². The Kier molecular flexibility index (Phi) is 8.35. The lowest BCUT2D eigenvalue weighted by Gasteiger charge is -2.36. The molecule has 1 amide bonds. The van der Waals surface area contributed by atoms with Crippen LogP contribution in [-0.2, 0) is 0 Å². The summed E-state index contributed by atoms with van der Waals surface area (Å²) >= 11 is 24.7. The summed E-state index contributed by atoms with van der Waals surface area (Å²) in [7, 11) is 0. The van der Waals surface area contributed by atoms with Crippen LogP contribution in [0.25, 0.3) is 6.08 Å². The molecule has 4 rings (SSSR count). The number of nitrogens with zero attached hydrogens (tertiary/aromatic N) is 3. The summed E-state index contributed by atoms with van der Waals surface area (Å²) in [4.78, 5) is 21.3. The maximum absolute atomic E-state index is 12.8. The SMILES string of the molecule is O=C(Nc1c(Cl)cc(Cl)cc1N1CCN(C/C=C/c2ccc(Cl)cc2)CC1)c1ccnc(Cl)c1. The largest absolute Gasteiger partial charge is 0.367 e. The Balaban J connectivity index is 1.42. The highest BCUT2D eigenvalue weighted by Gasteiger charge is 2.22. The van der Waals surface area contributed by atoms with Gasteiger partial charge in [0, 0.05) is 54.5 Å². The number of benzene rings is 2. The molecule has 1 aliphatic heterocycles. The monoisotopic (exact) mass is 534 g/mol. The number of nitrogens with one attached hydrogen (secondary N) is 1. The van der Waals surface area contributed by atoms with Gasteiger partial charge in [-0.1, -0.05) is 70.7 Å². The molecule has 1 aromatic heterocycles. The highest BCUT2D eigenvalue weighted by atomic mass is 35.5. The van der Waals surface area contributed by atoms with E-state index in [4.69, 9.17) is 46.4 Å².